The van der Waals surface area contributed by atoms with Gasteiger partial charge in [-0.25, -0.2) is 0 Å². The minimum Gasteiger partial charge on any atom is -0.392 e. The maximum atomic E-state index is 9.87. The molecule has 0 saturated carbocycles. The van der Waals surface area contributed by atoms with E-state index < -0.39 is 0 Å². The van der Waals surface area contributed by atoms with Crippen molar-refractivity contribution in [2.75, 3.05) is 26.2 Å². The number of hydrogen-bond acceptors (Lipinski definition) is 3. The van der Waals surface area contributed by atoms with E-state index in [1.54, 1.807) is 0 Å². The summed E-state index contributed by atoms with van der Waals surface area (Å²) in [6.07, 6.45) is 3.31. The Kier molecular flexibility index (Phi) is 6.32. The first-order valence-electron chi connectivity index (χ1n) is 6.81. The van der Waals surface area contributed by atoms with E-state index in [1.165, 1.54) is 32.5 Å². The lowest BCUT2D eigenvalue weighted by Gasteiger charge is -2.32. The summed E-state index contributed by atoms with van der Waals surface area (Å²) in [6, 6.07) is 0.613. The Morgan fingerprint density at radius 2 is 1.94 bits per heavy atom. The monoisotopic (exact) mass is 228 g/mol. The van der Waals surface area contributed by atoms with Gasteiger partial charge in [-0.15, -0.1) is 0 Å². The number of nitrogens with one attached hydrogen (secondary N) is 1. The molecule has 1 fully saturated rings. The maximum absolute atomic E-state index is 9.87. The lowest BCUT2D eigenvalue weighted by atomic mass is 10.0. The van der Waals surface area contributed by atoms with Crippen molar-refractivity contribution in [3.8, 4) is 0 Å². The van der Waals surface area contributed by atoms with Gasteiger partial charge in [-0.05, 0) is 38.4 Å². The van der Waals surface area contributed by atoms with Crippen LogP contribution in [0.2, 0.25) is 0 Å². The topological polar surface area (TPSA) is 35.5 Å². The second-order valence-electron chi connectivity index (χ2n) is 5.07. The van der Waals surface area contributed by atoms with Crippen molar-refractivity contribution in [2.45, 2.75) is 52.2 Å². The fraction of sp³-hybridized carbons (Fsp3) is 1.00. The Hall–Kier alpha value is -0.120. The van der Waals surface area contributed by atoms with E-state index in [0.717, 1.165) is 13.0 Å². The molecule has 0 aromatic heterocycles. The summed E-state index contributed by atoms with van der Waals surface area (Å²) in [5.74, 6) is 0.406. The second-order valence-corrected chi connectivity index (χ2v) is 5.07. The molecular formula is C13H28N2O. The van der Waals surface area contributed by atoms with Crippen molar-refractivity contribution < 1.29 is 5.11 Å². The van der Waals surface area contributed by atoms with Gasteiger partial charge in [0.25, 0.3) is 0 Å². The summed E-state index contributed by atoms with van der Waals surface area (Å²) < 4.78 is 0. The molecule has 0 aromatic carbocycles. The molecule has 16 heavy (non-hydrogen) atoms. The van der Waals surface area contributed by atoms with Gasteiger partial charge in [-0.3, -0.25) is 0 Å². The molecule has 2 unspecified atom stereocenters. The summed E-state index contributed by atoms with van der Waals surface area (Å²) in [7, 11) is 0. The van der Waals surface area contributed by atoms with Crippen LogP contribution in [0.1, 0.15) is 40.0 Å². The largest absolute Gasteiger partial charge is 0.392 e. The van der Waals surface area contributed by atoms with Crippen molar-refractivity contribution in [3.63, 3.8) is 0 Å². The van der Waals surface area contributed by atoms with Gasteiger partial charge in [0, 0.05) is 12.6 Å². The standard InChI is InChI=1S/C13H28N2O/c1-4-11(3)13(16)10-14-12-6-8-15(5-2)9-7-12/h11-14,16H,4-10H2,1-3H3. The van der Waals surface area contributed by atoms with Crippen LogP contribution >= 0.6 is 0 Å². The number of hydrogen-bond donors (Lipinski definition) is 2. The van der Waals surface area contributed by atoms with Gasteiger partial charge in [0.15, 0.2) is 0 Å². The molecule has 0 spiro atoms. The van der Waals surface area contributed by atoms with E-state index in [1.807, 2.05) is 0 Å². The van der Waals surface area contributed by atoms with Crippen LogP contribution in [-0.2, 0) is 0 Å². The minimum absolute atomic E-state index is 0.186. The predicted molar refractivity (Wildman–Crippen MR) is 68.6 cm³/mol. The van der Waals surface area contributed by atoms with E-state index in [2.05, 4.69) is 31.0 Å². The fourth-order valence-corrected chi connectivity index (χ4v) is 2.21. The third-order valence-corrected chi connectivity index (χ3v) is 3.95. The highest BCUT2D eigenvalue weighted by Crippen LogP contribution is 2.11. The van der Waals surface area contributed by atoms with Gasteiger partial charge in [0.05, 0.1) is 6.10 Å². The van der Waals surface area contributed by atoms with Crippen molar-refractivity contribution in [1.82, 2.24) is 10.2 Å². The van der Waals surface area contributed by atoms with Gasteiger partial charge in [0.2, 0.25) is 0 Å². The predicted octanol–water partition coefficient (Wildman–Crippen LogP) is 1.47. The molecule has 3 nitrogen and oxygen atoms in total. The van der Waals surface area contributed by atoms with Crippen molar-refractivity contribution in [3.05, 3.63) is 0 Å². The third kappa shape index (κ3) is 4.40. The fourth-order valence-electron chi connectivity index (χ4n) is 2.21. The highest BCUT2D eigenvalue weighted by molar-refractivity contribution is 4.78. The van der Waals surface area contributed by atoms with Crippen molar-refractivity contribution >= 4 is 0 Å². The third-order valence-electron chi connectivity index (χ3n) is 3.95. The first-order chi connectivity index (χ1) is 7.67. The normalized spacial score (nSPS) is 23.2. The molecule has 0 amide bonds. The van der Waals surface area contributed by atoms with Gasteiger partial charge in [-0.1, -0.05) is 27.2 Å². The van der Waals surface area contributed by atoms with Crippen LogP contribution in [0, 0.1) is 5.92 Å². The SMILES string of the molecule is CCC(C)C(O)CNC1CCN(CC)CC1. The number of aliphatic hydroxyl groups is 1. The van der Waals surface area contributed by atoms with Crippen LogP contribution in [0.3, 0.4) is 0 Å². The van der Waals surface area contributed by atoms with Gasteiger partial charge >= 0.3 is 0 Å². The van der Waals surface area contributed by atoms with E-state index >= 15 is 0 Å². The lowest BCUT2D eigenvalue weighted by molar-refractivity contribution is 0.103. The first-order valence-corrected chi connectivity index (χ1v) is 6.81. The number of rotatable bonds is 6. The summed E-state index contributed by atoms with van der Waals surface area (Å²) in [5, 5.41) is 13.4. The number of aliphatic hydroxyl groups excluding tert-OH is 1. The summed E-state index contributed by atoms with van der Waals surface area (Å²) in [6.45, 7) is 10.8. The Morgan fingerprint density at radius 1 is 1.31 bits per heavy atom. The minimum atomic E-state index is -0.186. The molecule has 0 aliphatic carbocycles. The van der Waals surface area contributed by atoms with Crippen LogP contribution in [-0.4, -0.2) is 48.3 Å². The molecule has 3 heteroatoms. The van der Waals surface area contributed by atoms with E-state index in [4.69, 9.17) is 0 Å². The van der Waals surface area contributed by atoms with E-state index in [-0.39, 0.29) is 6.10 Å². The maximum Gasteiger partial charge on any atom is 0.0690 e. The van der Waals surface area contributed by atoms with E-state index in [9.17, 15) is 5.11 Å². The Balaban J connectivity index is 2.14. The molecule has 1 saturated heterocycles. The zero-order chi connectivity index (χ0) is 12.0. The van der Waals surface area contributed by atoms with Crippen LogP contribution in [0.5, 0.6) is 0 Å². The summed E-state index contributed by atoms with van der Waals surface area (Å²) in [4.78, 5) is 2.49. The first kappa shape index (κ1) is 13.9. The molecule has 1 rings (SSSR count). The highest BCUT2D eigenvalue weighted by atomic mass is 16.3. The molecule has 0 aromatic rings. The van der Waals surface area contributed by atoms with Crippen LogP contribution < -0.4 is 5.32 Å². The molecule has 1 aliphatic heterocycles. The molecule has 2 N–H and O–H groups in total. The Bertz CT molecular complexity index is 179. The average Bonchev–Trinajstić information content (AvgIpc) is 2.35. The molecule has 96 valence electrons. The smallest absolute Gasteiger partial charge is 0.0690 e. The highest BCUT2D eigenvalue weighted by Gasteiger charge is 2.19. The Labute approximate surface area is 100 Å². The van der Waals surface area contributed by atoms with Gasteiger partial charge < -0.3 is 15.3 Å². The van der Waals surface area contributed by atoms with Gasteiger partial charge in [-0.2, -0.15) is 0 Å². The number of nitrogens with zero attached hydrogens (tertiary/aromatic N) is 1. The molecule has 1 heterocycles. The molecule has 0 radical (unpaired) electrons. The van der Waals surface area contributed by atoms with Crippen LogP contribution in [0.25, 0.3) is 0 Å². The van der Waals surface area contributed by atoms with Crippen molar-refractivity contribution in [2.24, 2.45) is 5.92 Å². The lowest BCUT2D eigenvalue weighted by Crippen LogP contribution is -2.45. The molecular weight excluding hydrogens is 200 g/mol. The Morgan fingerprint density at radius 3 is 2.44 bits per heavy atom. The zero-order valence-corrected chi connectivity index (χ0v) is 11.1. The number of likely N-dealkylation sites (tertiary alicyclic amines) is 1. The summed E-state index contributed by atoms with van der Waals surface area (Å²) in [5.41, 5.74) is 0. The average molecular weight is 228 g/mol. The second kappa shape index (κ2) is 7.25. The summed E-state index contributed by atoms with van der Waals surface area (Å²) >= 11 is 0. The van der Waals surface area contributed by atoms with Gasteiger partial charge in [0.1, 0.15) is 0 Å². The molecule has 2 atom stereocenters. The molecule has 1 aliphatic rings. The number of piperidine rings is 1. The van der Waals surface area contributed by atoms with Crippen molar-refractivity contribution in [1.29, 1.82) is 0 Å². The van der Waals surface area contributed by atoms with E-state index in [0.29, 0.717) is 12.0 Å². The van der Waals surface area contributed by atoms with Crippen LogP contribution in [0.15, 0.2) is 0 Å². The molecule has 0 bridgehead atoms. The zero-order valence-electron chi connectivity index (χ0n) is 11.1. The van der Waals surface area contributed by atoms with Crippen LogP contribution in [0.4, 0.5) is 0 Å². The quantitative estimate of drug-likeness (QED) is 0.722.